The summed E-state index contributed by atoms with van der Waals surface area (Å²) < 4.78 is 19.9. The van der Waals surface area contributed by atoms with Gasteiger partial charge in [0.15, 0.2) is 0 Å². The average molecular weight is 306 g/mol. The molecule has 1 atom stereocenters. The van der Waals surface area contributed by atoms with E-state index in [2.05, 4.69) is 0 Å². The quantitative estimate of drug-likeness (QED) is 0.336. The van der Waals surface area contributed by atoms with Gasteiger partial charge < -0.3 is 42.7 Å². The van der Waals surface area contributed by atoms with Crippen molar-refractivity contribution in [2.75, 3.05) is 6.61 Å². The molecule has 0 aromatic heterocycles. The summed E-state index contributed by atoms with van der Waals surface area (Å²) in [6, 6.07) is 0. The molecule has 14 heteroatoms. The van der Waals surface area contributed by atoms with E-state index < -0.39 is 25.6 Å². The Morgan fingerprint density at radius 1 is 1.00 bits per heavy atom. The van der Waals surface area contributed by atoms with Gasteiger partial charge in [0.1, 0.15) is 0 Å². The molecule has 0 aliphatic carbocycles. The first-order valence-electron chi connectivity index (χ1n) is 2.16. The zero-order valence-electron chi connectivity index (χ0n) is 7.22. The first kappa shape index (κ1) is 51.9. The molecule has 0 bridgehead atoms. The summed E-state index contributed by atoms with van der Waals surface area (Å²) in [7, 11) is -3.58. The molecule has 13 N–H and O–H groups in total. The van der Waals surface area contributed by atoms with E-state index in [9.17, 15) is 13.9 Å². The summed E-state index contributed by atoms with van der Waals surface area (Å²) in [5.41, 5.74) is 0. The van der Waals surface area contributed by atoms with Crippen molar-refractivity contribution in [1.82, 2.24) is 0 Å². The summed E-state index contributed by atoms with van der Waals surface area (Å²) in [5, 5.41) is 21.6. The Balaban J connectivity index is -0.0000000193. The van der Waals surface area contributed by atoms with Gasteiger partial charge in [-0.1, -0.05) is 0 Å². The fourth-order valence-corrected chi connectivity index (χ4v) is 0.475. The van der Waals surface area contributed by atoms with Crippen molar-refractivity contribution >= 4 is 72.8 Å². The zero-order valence-corrected chi connectivity index (χ0v) is 8.12. The third-order valence-corrected chi connectivity index (χ3v) is 1.80. The Morgan fingerprint density at radius 2 is 1.24 bits per heavy atom. The number of rotatable bonds is 3. The van der Waals surface area contributed by atoms with Crippen LogP contribution in [0.2, 0.25) is 0 Å². The molecule has 0 fully saturated rings. The van der Waals surface area contributed by atoms with Gasteiger partial charge >= 0.3 is 72.8 Å². The van der Waals surface area contributed by atoms with E-state index in [1.54, 1.807) is 0 Å². The zero-order chi connectivity index (χ0) is 8.36. The summed E-state index contributed by atoms with van der Waals surface area (Å²) in [5.74, 6) is -1.98. The molecule has 17 heavy (non-hydrogen) atoms. The second-order valence-corrected chi connectivity index (χ2v) is 2.79. The third-order valence-electron chi connectivity index (χ3n) is 0.865. The summed E-state index contributed by atoms with van der Waals surface area (Å²) in [6.45, 7) is -1.35. The molecule has 102 valence electrons. The van der Waals surface area contributed by atoms with Crippen LogP contribution in [0, 0.1) is 0 Å². The van der Waals surface area contributed by atoms with Crippen LogP contribution in [-0.2, 0) is 13.9 Å². The molecule has 0 aromatic carbocycles. The van der Waals surface area contributed by atoms with Crippen molar-refractivity contribution in [3.05, 3.63) is 0 Å². The van der Waals surface area contributed by atoms with Crippen LogP contribution in [0.3, 0.4) is 0 Å². The standard InChI is InChI=1S/C3H5O6P.2Na.5H2O.2H/c4-1-3(7,2(5)6)10(8)9;;;;;;;;;/h4,7H,1H2,(H,5,6);;;5*1H2;;. The number of hydrogen-bond acceptors (Lipinski definition) is 5. The SMILES string of the molecule is O.O.O.O.O.O=C(O)C(O)(CO)P(=O)=O.[NaH].[NaH]. The minimum atomic E-state index is -3.58. The van der Waals surface area contributed by atoms with Crippen molar-refractivity contribution in [3.8, 4) is 0 Å². The maximum absolute atomic E-state index is 9.94. The number of hydrogen-bond donors (Lipinski definition) is 3. The Labute approximate surface area is 140 Å². The molecule has 0 radical (unpaired) electrons. The molecule has 0 aromatic rings. The normalized spacial score (nSPS) is 9.29. The molecule has 0 spiro atoms. The van der Waals surface area contributed by atoms with Gasteiger partial charge in [0.2, 0.25) is 0 Å². The molecular formula is C3H17Na2O11P. The van der Waals surface area contributed by atoms with E-state index >= 15 is 0 Å². The van der Waals surface area contributed by atoms with Crippen LogP contribution in [0.25, 0.3) is 0 Å². The topological polar surface area (TPSA) is 269 Å². The van der Waals surface area contributed by atoms with Crippen LogP contribution in [-0.4, -0.2) is 120 Å². The number of aliphatic hydroxyl groups excluding tert-OH is 1. The van der Waals surface area contributed by atoms with Crippen LogP contribution in [0.5, 0.6) is 0 Å². The molecule has 0 heterocycles. The molecule has 0 rings (SSSR count). The Kier molecular flexibility index (Phi) is 68.0. The van der Waals surface area contributed by atoms with Gasteiger partial charge in [-0.2, -0.15) is 0 Å². The van der Waals surface area contributed by atoms with Gasteiger partial charge in [0, 0.05) is 0 Å². The molecule has 11 nitrogen and oxygen atoms in total. The molecule has 0 aliphatic heterocycles. The van der Waals surface area contributed by atoms with Crippen molar-refractivity contribution in [3.63, 3.8) is 0 Å². The minimum absolute atomic E-state index is 0. The van der Waals surface area contributed by atoms with Gasteiger partial charge in [0.25, 0.3) is 5.34 Å². The van der Waals surface area contributed by atoms with Crippen LogP contribution in [0.1, 0.15) is 0 Å². The van der Waals surface area contributed by atoms with Crippen LogP contribution in [0.4, 0.5) is 0 Å². The Hall–Kier alpha value is 1.09. The van der Waals surface area contributed by atoms with Gasteiger partial charge in [-0.25, -0.2) is 13.9 Å². The van der Waals surface area contributed by atoms with Gasteiger partial charge in [0.05, 0.1) is 6.61 Å². The first-order valence-corrected chi connectivity index (χ1v) is 3.34. The van der Waals surface area contributed by atoms with Crippen molar-refractivity contribution in [1.29, 1.82) is 0 Å². The average Bonchev–Trinajstić information content (AvgIpc) is 1.85. The third kappa shape index (κ3) is 15.0. The van der Waals surface area contributed by atoms with Gasteiger partial charge in [-0.3, -0.25) is 0 Å². The fourth-order valence-electron chi connectivity index (χ4n) is 0.203. The van der Waals surface area contributed by atoms with Crippen LogP contribution < -0.4 is 0 Å². The van der Waals surface area contributed by atoms with E-state index in [0.717, 1.165) is 0 Å². The number of carboxylic acid groups (broad SMARTS) is 1. The molecule has 0 amide bonds. The maximum atomic E-state index is 9.94. The Bertz CT molecular complexity index is 211. The monoisotopic (exact) mass is 306 g/mol. The molecule has 0 aliphatic rings. The van der Waals surface area contributed by atoms with Gasteiger partial charge in [-0.05, 0) is 0 Å². The van der Waals surface area contributed by atoms with E-state index in [0.29, 0.717) is 0 Å². The summed E-state index contributed by atoms with van der Waals surface area (Å²) in [6.07, 6.45) is 0. The van der Waals surface area contributed by atoms with E-state index in [4.69, 9.17) is 15.3 Å². The van der Waals surface area contributed by atoms with Crippen molar-refractivity contribution in [2.24, 2.45) is 0 Å². The molecule has 1 unspecified atom stereocenters. The van der Waals surface area contributed by atoms with Crippen molar-refractivity contribution in [2.45, 2.75) is 5.34 Å². The number of aliphatic carboxylic acids is 1. The second kappa shape index (κ2) is 22.3. The van der Waals surface area contributed by atoms with Gasteiger partial charge in [-0.15, -0.1) is 0 Å². The second-order valence-electron chi connectivity index (χ2n) is 1.54. The molecular weight excluding hydrogens is 289 g/mol. The molecule has 0 saturated carbocycles. The fraction of sp³-hybridized carbons (Fsp3) is 0.667. The summed E-state index contributed by atoms with van der Waals surface area (Å²) >= 11 is 0. The predicted octanol–water partition coefficient (Wildman–Crippen LogP) is -6.50. The predicted molar refractivity (Wildman–Crippen MR) is 60.3 cm³/mol. The number of aliphatic hydroxyl groups is 2. The van der Waals surface area contributed by atoms with E-state index in [-0.39, 0.29) is 86.5 Å². The first-order chi connectivity index (χ1) is 4.45. The van der Waals surface area contributed by atoms with Crippen LogP contribution >= 0.6 is 7.68 Å². The van der Waals surface area contributed by atoms with Crippen LogP contribution in [0.15, 0.2) is 0 Å². The number of carboxylic acids is 1. The summed E-state index contributed by atoms with van der Waals surface area (Å²) in [4.78, 5) is 9.90. The Morgan fingerprint density at radius 3 is 1.24 bits per heavy atom. The van der Waals surface area contributed by atoms with E-state index in [1.165, 1.54) is 0 Å². The van der Waals surface area contributed by atoms with Crippen molar-refractivity contribution < 1.29 is 56.6 Å². The number of carbonyl (C=O) groups is 1. The van der Waals surface area contributed by atoms with E-state index in [1.807, 2.05) is 0 Å². The molecule has 0 saturated heterocycles.